The third-order valence-electron chi connectivity index (χ3n) is 28.0. The van der Waals surface area contributed by atoms with Crippen molar-refractivity contribution in [2.45, 2.75) is 12.3 Å². The van der Waals surface area contributed by atoms with Gasteiger partial charge in [0.1, 0.15) is 22.3 Å². The smallest absolute Gasteiger partial charge is 0.143 e. The molecule has 28 rings (SSSR count). The predicted octanol–water partition coefficient (Wildman–Crippen LogP) is 33.2. The van der Waals surface area contributed by atoms with Crippen LogP contribution in [-0.4, -0.2) is 0 Å². The molecule has 0 fully saturated rings. The van der Waals surface area contributed by atoms with Gasteiger partial charge in [-0.15, -0.1) is 0 Å². The Morgan fingerprint density at radius 2 is 0.582 bits per heavy atom. The molecule has 2 nitrogen and oxygen atoms in total. The van der Waals surface area contributed by atoms with Crippen LogP contribution in [0.4, 0.5) is 0 Å². The molecule has 1 aliphatic carbocycles. The van der Waals surface area contributed by atoms with Crippen molar-refractivity contribution in [2.75, 3.05) is 0 Å². The van der Waals surface area contributed by atoms with Gasteiger partial charge in [0.2, 0.25) is 0 Å². The van der Waals surface area contributed by atoms with E-state index in [1.54, 1.807) is 0 Å². The molecule has 27 aromatic rings. The molecule has 1 atom stereocenters. The van der Waals surface area contributed by atoms with Gasteiger partial charge < -0.3 is 8.83 Å². The van der Waals surface area contributed by atoms with E-state index in [1.165, 1.54) is 196 Å². The summed E-state index contributed by atoms with van der Waals surface area (Å²) in [5, 5.41) is 38.0. The predicted molar refractivity (Wildman–Crippen MR) is 518 cm³/mol. The molecule has 0 bridgehead atoms. The van der Waals surface area contributed by atoms with Gasteiger partial charge in [0.15, 0.2) is 0 Å². The summed E-state index contributed by atoms with van der Waals surface area (Å²) in [5.74, 6) is 0.0432. The van der Waals surface area contributed by atoms with E-state index in [0.717, 1.165) is 99.7 Å². The van der Waals surface area contributed by atoms with Crippen molar-refractivity contribution in [1.29, 1.82) is 0 Å². The Morgan fingerprint density at radius 3 is 1.24 bits per heavy atom. The highest BCUT2D eigenvalue weighted by Crippen LogP contribution is 2.55. The second kappa shape index (κ2) is 24.9. The third kappa shape index (κ3) is 9.38. The molecule has 560 valence electrons. The summed E-state index contributed by atoms with van der Waals surface area (Å²) in [7, 11) is 0. The van der Waals surface area contributed by atoms with E-state index in [0.29, 0.717) is 0 Å². The Hall–Kier alpha value is -15.7. The summed E-state index contributed by atoms with van der Waals surface area (Å²) >= 11 is 0. The minimum Gasteiger partial charge on any atom is -0.455 e. The molecule has 0 amide bonds. The Balaban J connectivity index is 0.655. The quantitative estimate of drug-likeness (QED) is 0.135. The van der Waals surface area contributed by atoms with Crippen molar-refractivity contribution in [3.63, 3.8) is 0 Å². The molecule has 25 aromatic carbocycles. The van der Waals surface area contributed by atoms with Crippen LogP contribution in [0, 0.1) is 0 Å². The topological polar surface area (TPSA) is 26.3 Å². The molecular weight excluding hydrogens is 1470 g/mol. The SMILES string of the molecule is C1=c2ccc3cccc4ccc(c2c43)C(c2cc(-c3ccc4ccc5cccc6ccc3c4c56)c(-c3ccccc3)cc2-c2ccc3c(c2)oc2c4ccccc4c(-c4cc5cccc6ccc7c(-c8cc(-c9ccc%10ccc%11cccc%12ccc9c%10c%11%12)c(-c9ccc%10oc%11c%12ccccc%12ccc%11c%10c9)cc8-c8ccccc8)ccc4c7c65)cc32)C1. The number of hydrogen-bond donors (Lipinski definition) is 0. The Labute approximate surface area is 699 Å². The Kier molecular flexibility index (Phi) is 13.5. The second-order valence-corrected chi connectivity index (χ2v) is 34.1. The number of benzene rings is 25. The number of hydrogen-bond acceptors (Lipinski definition) is 2. The zero-order chi connectivity index (χ0) is 79.3. The first kappa shape index (κ1) is 66.3. The first-order chi connectivity index (χ1) is 60.5. The highest BCUT2D eigenvalue weighted by molar-refractivity contribution is 6.33. The minimum atomic E-state index is 0.0432. The molecular formula is C120H68O2. The van der Waals surface area contributed by atoms with Crippen LogP contribution in [0.5, 0.6) is 0 Å². The van der Waals surface area contributed by atoms with Gasteiger partial charge in [-0.05, 0) is 308 Å². The van der Waals surface area contributed by atoms with Crippen molar-refractivity contribution in [3.05, 3.63) is 405 Å². The third-order valence-corrected chi connectivity index (χ3v) is 28.0. The first-order valence-corrected chi connectivity index (χ1v) is 42.7. The first-order valence-electron chi connectivity index (χ1n) is 42.7. The molecule has 0 aliphatic heterocycles. The maximum Gasteiger partial charge on any atom is 0.143 e. The van der Waals surface area contributed by atoms with Crippen molar-refractivity contribution in [2.24, 2.45) is 0 Å². The zero-order valence-corrected chi connectivity index (χ0v) is 66.1. The molecule has 2 aromatic heterocycles. The van der Waals surface area contributed by atoms with Gasteiger partial charge in [-0.2, -0.15) is 0 Å². The van der Waals surface area contributed by atoms with Crippen LogP contribution in [0.3, 0.4) is 0 Å². The number of rotatable bonds is 9. The van der Waals surface area contributed by atoms with Gasteiger partial charge in [-0.1, -0.05) is 328 Å². The molecule has 2 heterocycles. The normalized spacial score (nSPS) is 13.4. The van der Waals surface area contributed by atoms with E-state index in [4.69, 9.17) is 8.83 Å². The summed E-state index contributed by atoms with van der Waals surface area (Å²) in [4.78, 5) is 0. The van der Waals surface area contributed by atoms with Gasteiger partial charge in [-0.25, -0.2) is 0 Å². The maximum absolute atomic E-state index is 7.52. The van der Waals surface area contributed by atoms with Crippen LogP contribution in [0.25, 0.3) is 279 Å². The lowest BCUT2D eigenvalue weighted by Crippen LogP contribution is -2.15. The van der Waals surface area contributed by atoms with Crippen LogP contribution in [0.15, 0.2) is 397 Å². The summed E-state index contributed by atoms with van der Waals surface area (Å²) in [6, 6.07) is 147. The van der Waals surface area contributed by atoms with Gasteiger partial charge in [0.25, 0.3) is 0 Å². The lowest BCUT2D eigenvalue weighted by molar-refractivity contribution is 0.672. The molecule has 0 spiro atoms. The Bertz CT molecular complexity index is 9250. The standard InChI is InChI=1S/C120H68O2/c1-3-15-67(16-4-1)97-62-99(80-46-58-109-107(59-80)96-55-37-69-19-7-8-28-83(69)119(96)121-109)104(86-48-39-78-35-32-71-21-12-24-74-42-52-91(86)116(78)112(71)74)65-103(97)88-56-57-94-101(60-82-27-14-26-76-44-54-93(88)118(94)114(76)82)106-66-108-89-50-45-81(61-110(89)122-120(108)95-30-10-9-29-84(95)106)100-63-98(68-17-5-2-6-18-68)102(85-47-38-77-34-31-70-20-11-23-73-41-51-90(85)115(77)111(70)73)64-105(100)87-49-40-79-36-33-72-22-13-25-75-43-53-92(87)117(79)113(72)75/h1-48,50-66,87H,49H2. The number of furan rings is 2. The van der Waals surface area contributed by atoms with E-state index < -0.39 is 0 Å². The van der Waals surface area contributed by atoms with Crippen LogP contribution < -0.4 is 5.22 Å². The fourth-order valence-electron chi connectivity index (χ4n) is 22.5. The van der Waals surface area contributed by atoms with Crippen LogP contribution in [0.2, 0.25) is 0 Å². The molecule has 0 saturated carbocycles. The molecule has 0 radical (unpaired) electrons. The van der Waals surface area contributed by atoms with Crippen molar-refractivity contribution < 1.29 is 8.83 Å². The largest absolute Gasteiger partial charge is 0.455 e. The second-order valence-electron chi connectivity index (χ2n) is 34.1. The minimum absolute atomic E-state index is 0.0432. The van der Waals surface area contributed by atoms with E-state index in [9.17, 15) is 0 Å². The molecule has 122 heavy (non-hydrogen) atoms. The van der Waals surface area contributed by atoms with Crippen molar-refractivity contribution in [3.8, 4) is 89.0 Å². The summed E-state index contributed by atoms with van der Waals surface area (Å²) < 4.78 is 14.4. The summed E-state index contributed by atoms with van der Waals surface area (Å²) in [6.45, 7) is 0. The van der Waals surface area contributed by atoms with Crippen LogP contribution >= 0.6 is 0 Å². The molecule has 1 unspecified atom stereocenters. The lowest BCUT2D eigenvalue weighted by atomic mass is 9.75. The van der Waals surface area contributed by atoms with Crippen molar-refractivity contribution in [1.82, 2.24) is 0 Å². The number of fused-ring (bicyclic) bond motifs is 10. The highest BCUT2D eigenvalue weighted by atomic mass is 16.3. The van der Waals surface area contributed by atoms with Crippen molar-refractivity contribution >= 4 is 190 Å². The monoisotopic (exact) mass is 1540 g/mol. The van der Waals surface area contributed by atoms with Gasteiger partial charge >= 0.3 is 0 Å². The highest BCUT2D eigenvalue weighted by Gasteiger charge is 2.31. The van der Waals surface area contributed by atoms with E-state index in [-0.39, 0.29) is 5.92 Å². The van der Waals surface area contributed by atoms with Gasteiger partial charge in [0.05, 0.1) is 0 Å². The summed E-state index contributed by atoms with van der Waals surface area (Å²) in [5.41, 5.74) is 25.0. The average molecular weight is 1540 g/mol. The van der Waals surface area contributed by atoms with E-state index in [1.807, 2.05) is 0 Å². The fourth-order valence-corrected chi connectivity index (χ4v) is 22.5. The van der Waals surface area contributed by atoms with E-state index >= 15 is 0 Å². The summed E-state index contributed by atoms with van der Waals surface area (Å²) in [6.07, 6.45) is 3.36. The van der Waals surface area contributed by atoms with Crippen LogP contribution in [0.1, 0.15) is 23.5 Å². The molecule has 2 heteroatoms. The molecule has 0 saturated heterocycles. The fraction of sp³-hybridized carbons (Fsp3) is 0.0167. The molecule has 0 N–H and O–H groups in total. The van der Waals surface area contributed by atoms with Gasteiger partial charge in [-0.3, -0.25) is 0 Å². The molecule has 1 aliphatic rings. The van der Waals surface area contributed by atoms with Crippen LogP contribution in [-0.2, 0) is 0 Å². The average Bonchev–Trinajstić information content (AvgIpc) is 0.990. The van der Waals surface area contributed by atoms with E-state index in [2.05, 4.69) is 394 Å². The van der Waals surface area contributed by atoms with Gasteiger partial charge in [0, 0.05) is 38.2 Å². The lowest BCUT2D eigenvalue weighted by Gasteiger charge is -2.28. The Morgan fingerprint density at radius 1 is 0.172 bits per heavy atom. The zero-order valence-electron chi connectivity index (χ0n) is 66.1. The maximum atomic E-state index is 7.52.